The van der Waals surface area contributed by atoms with Crippen molar-refractivity contribution < 1.29 is 4.79 Å². The molecule has 0 aliphatic heterocycles. The number of hydrogen-bond donors (Lipinski definition) is 2. The number of aryl methyl sites for hydroxylation is 1. The number of nitrogens with two attached hydrogens (primary N) is 1. The quantitative estimate of drug-likeness (QED) is 0.843. The third-order valence-corrected chi connectivity index (χ3v) is 2.55. The monoisotopic (exact) mass is 253 g/mol. The number of anilines is 2. The first kappa shape index (κ1) is 12.5. The van der Waals surface area contributed by atoms with Crippen molar-refractivity contribution >= 4 is 17.4 Å². The van der Waals surface area contributed by atoms with Crippen LogP contribution in [0.25, 0.3) is 0 Å². The maximum atomic E-state index is 11.9. The minimum Gasteiger partial charge on any atom is -0.382 e. The first-order valence-electron chi connectivity index (χ1n) is 5.52. The molecule has 0 atom stereocenters. The summed E-state index contributed by atoms with van der Waals surface area (Å²) in [5.41, 5.74) is 7.21. The smallest absolute Gasteiger partial charge is 0.276 e. The van der Waals surface area contributed by atoms with Gasteiger partial charge in [0.2, 0.25) is 0 Å². The Kier molecular flexibility index (Phi) is 3.39. The van der Waals surface area contributed by atoms with Gasteiger partial charge in [0.05, 0.1) is 11.3 Å². The largest absolute Gasteiger partial charge is 0.382 e. The molecular weight excluding hydrogens is 242 g/mol. The van der Waals surface area contributed by atoms with Gasteiger partial charge < -0.3 is 11.1 Å². The Morgan fingerprint density at radius 1 is 1.32 bits per heavy atom. The molecule has 2 aromatic rings. The fourth-order valence-electron chi connectivity index (χ4n) is 1.57. The van der Waals surface area contributed by atoms with Crippen molar-refractivity contribution in [2.45, 2.75) is 6.92 Å². The van der Waals surface area contributed by atoms with Crippen LogP contribution in [-0.4, -0.2) is 16.1 Å². The Labute approximate surface area is 109 Å². The Balaban J connectivity index is 2.27. The zero-order chi connectivity index (χ0) is 13.8. The van der Waals surface area contributed by atoms with Gasteiger partial charge in [-0.2, -0.15) is 5.26 Å². The van der Waals surface area contributed by atoms with Gasteiger partial charge in [-0.25, -0.2) is 0 Å². The van der Waals surface area contributed by atoms with E-state index in [0.29, 0.717) is 11.3 Å². The predicted octanol–water partition coefficient (Wildman–Crippen LogP) is 1.49. The average Bonchev–Trinajstić information content (AvgIpc) is 2.39. The summed E-state index contributed by atoms with van der Waals surface area (Å²) in [7, 11) is 0. The fraction of sp³-hybridized carbons (Fsp3) is 0.0769. The summed E-state index contributed by atoms with van der Waals surface area (Å²) < 4.78 is 0. The van der Waals surface area contributed by atoms with Crippen LogP contribution in [0.4, 0.5) is 11.5 Å². The van der Waals surface area contributed by atoms with E-state index < -0.39 is 5.91 Å². The first-order chi connectivity index (χ1) is 9.11. The number of nitrogens with zero attached hydrogens (tertiary/aromatic N) is 3. The van der Waals surface area contributed by atoms with E-state index in [1.54, 1.807) is 25.1 Å². The molecule has 0 saturated carbocycles. The molecule has 2 rings (SSSR count). The van der Waals surface area contributed by atoms with Crippen molar-refractivity contribution in [3.63, 3.8) is 0 Å². The standard InChI is InChI=1S/C13H11N5O/c1-8-3-2-4-10(9(8)7-14)16-13(19)11-5-6-12(15)18-17-11/h2-6H,1H3,(H2,15,18)(H,16,19). The van der Waals surface area contributed by atoms with Gasteiger partial charge in [0.1, 0.15) is 11.9 Å². The molecule has 0 spiro atoms. The van der Waals surface area contributed by atoms with Gasteiger partial charge in [0.15, 0.2) is 5.69 Å². The summed E-state index contributed by atoms with van der Waals surface area (Å²) >= 11 is 0. The second-order valence-corrected chi connectivity index (χ2v) is 3.91. The van der Waals surface area contributed by atoms with E-state index in [1.165, 1.54) is 12.1 Å². The van der Waals surface area contributed by atoms with Crippen LogP contribution < -0.4 is 11.1 Å². The van der Waals surface area contributed by atoms with Crippen LogP contribution in [0.2, 0.25) is 0 Å². The maximum Gasteiger partial charge on any atom is 0.276 e. The summed E-state index contributed by atoms with van der Waals surface area (Å²) in [6, 6.07) is 10.2. The molecule has 6 nitrogen and oxygen atoms in total. The molecule has 1 aromatic carbocycles. The lowest BCUT2D eigenvalue weighted by Gasteiger charge is -2.07. The summed E-state index contributed by atoms with van der Waals surface area (Å²) in [6.45, 7) is 1.80. The zero-order valence-electron chi connectivity index (χ0n) is 10.2. The van der Waals surface area contributed by atoms with E-state index in [4.69, 9.17) is 11.0 Å². The third kappa shape index (κ3) is 2.66. The number of rotatable bonds is 2. The minimum absolute atomic E-state index is 0.139. The van der Waals surface area contributed by atoms with Crippen LogP contribution >= 0.6 is 0 Å². The van der Waals surface area contributed by atoms with Gasteiger partial charge in [-0.1, -0.05) is 12.1 Å². The van der Waals surface area contributed by atoms with Gasteiger partial charge >= 0.3 is 0 Å². The molecular formula is C13H11N5O. The second kappa shape index (κ2) is 5.14. The third-order valence-electron chi connectivity index (χ3n) is 2.55. The van der Waals surface area contributed by atoms with E-state index in [-0.39, 0.29) is 11.5 Å². The van der Waals surface area contributed by atoms with E-state index in [0.717, 1.165) is 5.56 Å². The number of nitriles is 1. The van der Waals surface area contributed by atoms with Crippen LogP contribution in [0.5, 0.6) is 0 Å². The number of nitrogens with one attached hydrogen (secondary N) is 1. The van der Waals surface area contributed by atoms with Crippen molar-refractivity contribution in [2.75, 3.05) is 11.1 Å². The van der Waals surface area contributed by atoms with Crippen molar-refractivity contribution in [2.24, 2.45) is 0 Å². The number of carbonyl (C=O) groups excluding carboxylic acids is 1. The Morgan fingerprint density at radius 2 is 2.11 bits per heavy atom. The summed E-state index contributed by atoms with van der Waals surface area (Å²) in [5, 5.41) is 19.0. The van der Waals surface area contributed by atoms with Gasteiger partial charge in [-0.3, -0.25) is 4.79 Å². The lowest BCUT2D eigenvalue weighted by Crippen LogP contribution is -2.15. The fourth-order valence-corrected chi connectivity index (χ4v) is 1.57. The zero-order valence-corrected chi connectivity index (χ0v) is 10.2. The van der Waals surface area contributed by atoms with Crippen LogP contribution in [0.1, 0.15) is 21.6 Å². The maximum absolute atomic E-state index is 11.9. The summed E-state index contributed by atoms with van der Waals surface area (Å²) in [6.07, 6.45) is 0. The normalized spacial score (nSPS) is 9.68. The molecule has 19 heavy (non-hydrogen) atoms. The van der Waals surface area contributed by atoms with E-state index >= 15 is 0 Å². The van der Waals surface area contributed by atoms with Crippen molar-refractivity contribution in [1.82, 2.24) is 10.2 Å². The molecule has 1 amide bonds. The van der Waals surface area contributed by atoms with Gasteiger partial charge in [0.25, 0.3) is 5.91 Å². The molecule has 0 aliphatic rings. The molecule has 0 unspecified atom stereocenters. The highest BCUT2D eigenvalue weighted by molar-refractivity contribution is 6.03. The Hall–Kier alpha value is -2.94. The number of carbonyl (C=O) groups is 1. The minimum atomic E-state index is -0.436. The molecule has 94 valence electrons. The molecule has 0 aliphatic carbocycles. The topological polar surface area (TPSA) is 105 Å². The van der Waals surface area contributed by atoms with Crippen LogP contribution in [-0.2, 0) is 0 Å². The number of aromatic nitrogens is 2. The van der Waals surface area contributed by atoms with Crippen molar-refractivity contribution in [3.05, 3.63) is 47.2 Å². The molecule has 0 radical (unpaired) electrons. The van der Waals surface area contributed by atoms with Crippen molar-refractivity contribution in [1.29, 1.82) is 5.26 Å². The summed E-state index contributed by atoms with van der Waals surface area (Å²) in [5.74, 6) is -0.195. The number of benzene rings is 1. The highest BCUT2D eigenvalue weighted by Gasteiger charge is 2.11. The second-order valence-electron chi connectivity index (χ2n) is 3.91. The summed E-state index contributed by atoms with van der Waals surface area (Å²) in [4.78, 5) is 11.9. The highest BCUT2D eigenvalue weighted by Crippen LogP contribution is 2.18. The number of hydrogen-bond acceptors (Lipinski definition) is 5. The number of nitrogen functional groups attached to an aromatic ring is 1. The van der Waals surface area contributed by atoms with E-state index in [1.807, 2.05) is 0 Å². The van der Waals surface area contributed by atoms with Gasteiger partial charge in [-0.15, -0.1) is 10.2 Å². The van der Waals surface area contributed by atoms with E-state index in [9.17, 15) is 4.79 Å². The Bertz CT molecular complexity index is 658. The lowest BCUT2D eigenvalue weighted by atomic mass is 10.1. The SMILES string of the molecule is Cc1cccc(NC(=O)c2ccc(N)nn2)c1C#N. The highest BCUT2D eigenvalue weighted by atomic mass is 16.1. The van der Waals surface area contributed by atoms with Gasteiger partial charge in [-0.05, 0) is 30.7 Å². The molecule has 0 fully saturated rings. The molecule has 1 heterocycles. The molecule has 6 heteroatoms. The van der Waals surface area contributed by atoms with Gasteiger partial charge in [0, 0.05) is 0 Å². The Morgan fingerprint density at radius 3 is 2.74 bits per heavy atom. The average molecular weight is 253 g/mol. The number of amides is 1. The molecule has 1 aromatic heterocycles. The predicted molar refractivity (Wildman–Crippen MR) is 70.3 cm³/mol. The van der Waals surface area contributed by atoms with Crippen LogP contribution in [0.3, 0.4) is 0 Å². The molecule has 0 bridgehead atoms. The lowest BCUT2D eigenvalue weighted by molar-refractivity contribution is 0.102. The first-order valence-corrected chi connectivity index (χ1v) is 5.52. The van der Waals surface area contributed by atoms with E-state index in [2.05, 4.69) is 21.6 Å². The van der Waals surface area contributed by atoms with Crippen molar-refractivity contribution in [3.8, 4) is 6.07 Å². The van der Waals surface area contributed by atoms with Crippen LogP contribution in [0.15, 0.2) is 30.3 Å². The molecule has 0 saturated heterocycles. The molecule has 3 N–H and O–H groups in total. The van der Waals surface area contributed by atoms with Crippen LogP contribution in [0, 0.1) is 18.3 Å².